The predicted octanol–water partition coefficient (Wildman–Crippen LogP) is 2.76. The summed E-state index contributed by atoms with van der Waals surface area (Å²) >= 11 is 0. The molecule has 0 aliphatic carbocycles. The summed E-state index contributed by atoms with van der Waals surface area (Å²) in [6.07, 6.45) is 3.08. The summed E-state index contributed by atoms with van der Waals surface area (Å²) in [6.45, 7) is 0. The monoisotopic (exact) mass is 239 g/mol. The second-order valence-electron chi connectivity index (χ2n) is 4.20. The molecule has 0 amide bonds. The van der Waals surface area contributed by atoms with Crippen LogP contribution in [-0.4, -0.2) is 11.1 Å². The van der Waals surface area contributed by atoms with Gasteiger partial charge in [-0.05, 0) is 11.1 Å². The van der Waals surface area contributed by atoms with Crippen LogP contribution in [-0.2, 0) is 0 Å². The summed E-state index contributed by atoms with van der Waals surface area (Å²) in [7, 11) is 0. The van der Waals surface area contributed by atoms with Gasteiger partial charge in [-0.1, -0.05) is 72.8 Å². The van der Waals surface area contributed by atoms with Crippen molar-refractivity contribution in [2.75, 3.05) is 0 Å². The second kappa shape index (κ2) is 6.15. The van der Waals surface area contributed by atoms with Gasteiger partial charge in [0.25, 0.3) is 0 Å². The first-order valence-electron chi connectivity index (χ1n) is 5.99. The van der Waals surface area contributed by atoms with Gasteiger partial charge in [-0.25, -0.2) is 0 Å². The molecule has 3 N–H and O–H groups in total. The van der Waals surface area contributed by atoms with Crippen molar-refractivity contribution in [1.29, 1.82) is 0 Å². The summed E-state index contributed by atoms with van der Waals surface area (Å²) in [5, 5.41) is 10.1. The highest BCUT2D eigenvalue weighted by Gasteiger charge is 2.13. The lowest BCUT2D eigenvalue weighted by Gasteiger charge is -2.15. The van der Waals surface area contributed by atoms with Gasteiger partial charge >= 0.3 is 0 Å². The van der Waals surface area contributed by atoms with Crippen molar-refractivity contribution in [3.63, 3.8) is 0 Å². The Morgan fingerprint density at radius 1 is 0.889 bits per heavy atom. The van der Waals surface area contributed by atoms with Crippen LogP contribution in [0.25, 0.3) is 6.08 Å². The van der Waals surface area contributed by atoms with Gasteiger partial charge < -0.3 is 10.8 Å². The molecular formula is C16H17NO. The zero-order chi connectivity index (χ0) is 12.8. The SMILES string of the molecule is N[C@H](/C=C/c1ccccc1)[C@@H](O)c1ccccc1. The molecule has 0 fully saturated rings. The van der Waals surface area contributed by atoms with Gasteiger partial charge in [-0.3, -0.25) is 0 Å². The average molecular weight is 239 g/mol. The first-order valence-corrected chi connectivity index (χ1v) is 5.99. The topological polar surface area (TPSA) is 46.2 Å². The third kappa shape index (κ3) is 3.29. The minimum absolute atomic E-state index is 0.410. The molecule has 18 heavy (non-hydrogen) atoms. The van der Waals surface area contributed by atoms with Crippen LogP contribution in [0.5, 0.6) is 0 Å². The lowest BCUT2D eigenvalue weighted by molar-refractivity contribution is 0.163. The molecule has 2 rings (SSSR count). The number of rotatable bonds is 4. The molecule has 0 aliphatic heterocycles. The van der Waals surface area contributed by atoms with Gasteiger partial charge in [0.15, 0.2) is 0 Å². The summed E-state index contributed by atoms with van der Waals surface area (Å²) in [5.74, 6) is 0. The number of nitrogens with two attached hydrogens (primary N) is 1. The molecule has 0 aromatic heterocycles. The third-order valence-corrected chi connectivity index (χ3v) is 2.82. The molecule has 2 nitrogen and oxygen atoms in total. The molecule has 0 saturated heterocycles. The second-order valence-corrected chi connectivity index (χ2v) is 4.20. The normalized spacial score (nSPS) is 14.6. The molecule has 0 spiro atoms. The van der Waals surface area contributed by atoms with Crippen molar-refractivity contribution in [3.05, 3.63) is 77.9 Å². The van der Waals surface area contributed by atoms with Crippen molar-refractivity contribution in [2.45, 2.75) is 12.1 Å². The maximum atomic E-state index is 10.1. The van der Waals surface area contributed by atoms with E-state index in [0.29, 0.717) is 0 Å². The van der Waals surface area contributed by atoms with E-state index in [-0.39, 0.29) is 0 Å². The van der Waals surface area contributed by atoms with E-state index in [1.807, 2.05) is 72.8 Å². The molecule has 92 valence electrons. The zero-order valence-electron chi connectivity index (χ0n) is 10.1. The van der Waals surface area contributed by atoms with Gasteiger partial charge in [-0.2, -0.15) is 0 Å². The Kier molecular flexibility index (Phi) is 4.29. The number of aliphatic hydroxyl groups is 1. The van der Waals surface area contributed by atoms with Crippen LogP contribution < -0.4 is 5.73 Å². The van der Waals surface area contributed by atoms with Gasteiger partial charge in [0.1, 0.15) is 0 Å². The van der Waals surface area contributed by atoms with E-state index >= 15 is 0 Å². The lowest BCUT2D eigenvalue weighted by Crippen LogP contribution is -2.25. The van der Waals surface area contributed by atoms with E-state index in [1.54, 1.807) is 0 Å². The highest BCUT2D eigenvalue weighted by Crippen LogP contribution is 2.16. The van der Waals surface area contributed by atoms with Crippen LogP contribution in [0.3, 0.4) is 0 Å². The molecule has 0 radical (unpaired) electrons. The van der Waals surface area contributed by atoms with Crippen molar-refractivity contribution >= 4 is 6.08 Å². The zero-order valence-corrected chi connectivity index (χ0v) is 10.1. The van der Waals surface area contributed by atoms with E-state index in [1.165, 1.54) is 0 Å². The maximum absolute atomic E-state index is 10.1. The highest BCUT2D eigenvalue weighted by molar-refractivity contribution is 5.49. The molecule has 2 heteroatoms. The molecular weight excluding hydrogens is 222 g/mol. The predicted molar refractivity (Wildman–Crippen MR) is 74.9 cm³/mol. The molecule has 0 heterocycles. The molecule has 0 saturated carbocycles. The molecule has 2 aromatic carbocycles. The van der Waals surface area contributed by atoms with Gasteiger partial charge in [0.2, 0.25) is 0 Å². The Bertz CT molecular complexity index is 493. The van der Waals surface area contributed by atoms with Crippen LogP contribution in [0.4, 0.5) is 0 Å². The third-order valence-electron chi connectivity index (χ3n) is 2.82. The number of benzene rings is 2. The Balaban J connectivity index is 2.04. The molecule has 2 aromatic rings. The van der Waals surface area contributed by atoms with Crippen LogP contribution in [0, 0.1) is 0 Å². The van der Waals surface area contributed by atoms with Gasteiger partial charge in [0, 0.05) is 0 Å². The quantitative estimate of drug-likeness (QED) is 0.861. The van der Waals surface area contributed by atoms with Gasteiger partial charge in [-0.15, -0.1) is 0 Å². The Morgan fingerprint density at radius 3 is 2.06 bits per heavy atom. The van der Waals surface area contributed by atoms with Crippen LogP contribution in [0.2, 0.25) is 0 Å². The van der Waals surface area contributed by atoms with Gasteiger partial charge in [0.05, 0.1) is 12.1 Å². The summed E-state index contributed by atoms with van der Waals surface area (Å²) in [5.41, 5.74) is 7.87. The molecule has 0 unspecified atom stereocenters. The van der Waals surface area contributed by atoms with E-state index in [9.17, 15) is 5.11 Å². The Labute approximate surface area is 107 Å². The summed E-state index contributed by atoms with van der Waals surface area (Å²) in [4.78, 5) is 0. The lowest BCUT2D eigenvalue weighted by atomic mass is 10.0. The fraction of sp³-hybridized carbons (Fsp3) is 0.125. The number of hydrogen-bond donors (Lipinski definition) is 2. The van der Waals surface area contributed by atoms with E-state index in [4.69, 9.17) is 5.73 Å². The standard InChI is InChI=1S/C16H17NO/c17-15(12-11-13-7-3-1-4-8-13)16(18)14-9-5-2-6-10-14/h1-12,15-16,18H,17H2/b12-11+/t15-,16+/m1/s1. The first kappa shape index (κ1) is 12.6. The fourth-order valence-corrected chi connectivity index (χ4v) is 1.76. The summed E-state index contributed by atoms with van der Waals surface area (Å²) in [6, 6.07) is 19.0. The fourth-order valence-electron chi connectivity index (χ4n) is 1.76. The molecule has 0 aliphatic rings. The minimum Gasteiger partial charge on any atom is -0.386 e. The maximum Gasteiger partial charge on any atom is 0.0976 e. The van der Waals surface area contributed by atoms with Crippen molar-refractivity contribution in [1.82, 2.24) is 0 Å². The smallest absolute Gasteiger partial charge is 0.0976 e. The van der Waals surface area contributed by atoms with Crippen molar-refractivity contribution < 1.29 is 5.11 Å². The van der Waals surface area contributed by atoms with E-state index in [0.717, 1.165) is 11.1 Å². The summed E-state index contributed by atoms with van der Waals surface area (Å²) < 4.78 is 0. The first-order chi connectivity index (χ1) is 8.77. The average Bonchev–Trinajstić information content (AvgIpc) is 2.46. The number of aliphatic hydroxyl groups excluding tert-OH is 1. The molecule has 2 atom stereocenters. The highest BCUT2D eigenvalue weighted by atomic mass is 16.3. The number of hydrogen-bond acceptors (Lipinski definition) is 2. The van der Waals surface area contributed by atoms with Crippen molar-refractivity contribution in [2.24, 2.45) is 5.73 Å². The minimum atomic E-state index is -0.675. The van der Waals surface area contributed by atoms with Crippen LogP contribution in [0.1, 0.15) is 17.2 Å². The van der Waals surface area contributed by atoms with Crippen LogP contribution in [0.15, 0.2) is 66.7 Å². The molecule has 0 bridgehead atoms. The largest absolute Gasteiger partial charge is 0.386 e. The Morgan fingerprint density at radius 2 is 1.44 bits per heavy atom. The Hall–Kier alpha value is -1.90. The van der Waals surface area contributed by atoms with E-state index in [2.05, 4.69) is 0 Å². The van der Waals surface area contributed by atoms with Crippen molar-refractivity contribution in [3.8, 4) is 0 Å². The van der Waals surface area contributed by atoms with Crippen LogP contribution >= 0.6 is 0 Å². The van der Waals surface area contributed by atoms with E-state index < -0.39 is 12.1 Å².